The predicted molar refractivity (Wildman–Crippen MR) is 126 cm³/mol. The Kier molecular flexibility index (Phi) is 6.65. The maximum Gasteiger partial charge on any atom is 0.282 e. The summed E-state index contributed by atoms with van der Waals surface area (Å²) in [6.07, 6.45) is 3.05. The summed E-state index contributed by atoms with van der Waals surface area (Å²) in [5.41, 5.74) is 1.19. The van der Waals surface area contributed by atoms with Gasteiger partial charge in [-0.1, -0.05) is 36.4 Å². The summed E-state index contributed by atoms with van der Waals surface area (Å²) in [6.45, 7) is 0. The molecule has 3 rings (SSSR count). The molecule has 0 saturated heterocycles. The summed E-state index contributed by atoms with van der Waals surface area (Å²) in [6, 6.07) is 15.8. The van der Waals surface area contributed by atoms with Crippen molar-refractivity contribution in [2.75, 3.05) is 28.2 Å². The molecule has 0 N–H and O–H groups in total. The van der Waals surface area contributed by atoms with Crippen LogP contribution in [0.15, 0.2) is 103 Å². The van der Waals surface area contributed by atoms with Gasteiger partial charge in [-0.25, -0.2) is 0 Å². The highest BCUT2D eigenvalue weighted by Gasteiger charge is 2.25. The van der Waals surface area contributed by atoms with Gasteiger partial charge in [0.25, 0.3) is 20.0 Å². The Bertz CT molecular complexity index is 1220. The minimum atomic E-state index is -3.97. The number of allylic oxidation sites excluding steroid dienone is 2. The summed E-state index contributed by atoms with van der Waals surface area (Å²) in [5.74, 6) is 0. The summed E-state index contributed by atoms with van der Waals surface area (Å²) in [4.78, 5) is 3.45. The van der Waals surface area contributed by atoms with Crippen LogP contribution in [0.1, 0.15) is 0 Å². The monoisotopic (exact) mass is 472 g/mol. The zero-order chi connectivity index (χ0) is 23.5. The van der Waals surface area contributed by atoms with Crippen molar-refractivity contribution in [3.63, 3.8) is 0 Å². The average Bonchev–Trinajstić information content (AvgIpc) is 2.75. The van der Waals surface area contributed by atoms with E-state index in [4.69, 9.17) is 0 Å². The number of hydrogen-bond acceptors (Lipinski definition) is 6. The molecular weight excluding hydrogens is 448 g/mol. The first kappa shape index (κ1) is 23.4. The number of benzene rings is 2. The SMILES string of the molecule is CN(C)C1=CC(=NS(=O)(=O)c2ccccc2)C(N(C)C)=CC1=NS(=O)(=O)c1ccccc1. The van der Waals surface area contributed by atoms with Crippen LogP contribution in [0.5, 0.6) is 0 Å². The predicted octanol–water partition coefficient (Wildman–Crippen LogP) is 2.55. The van der Waals surface area contributed by atoms with Gasteiger partial charge < -0.3 is 9.80 Å². The van der Waals surface area contributed by atoms with Gasteiger partial charge in [-0.3, -0.25) is 0 Å². The standard InChI is InChI=1S/C22H24N4O4S2/c1-25(2)21-15-20(24-32(29,30)18-13-9-6-10-14-18)22(26(3)4)16-19(21)23-31(27,28)17-11-7-5-8-12-17/h5-16H,1-4H3. The van der Waals surface area contributed by atoms with E-state index >= 15 is 0 Å². The third-order valence-corrected chi connectivity index (χ3v) is 7.16. The Balaban J connectivity index is 2.17. The van der Waals surface area contributed by atoms with Gasteiger partial charge in [0.05, 0.1) is 21.2 Å². The second-order valence-corrected chi connectivity index (χ2v) is 10.6. The molecule has 10 heteroatoms. The highest BCUT2D eigenvalue weighted by Crippen LogP contribution is 2.23. The smallest absolute Gasteiger partial charge is 0.282 e. The van der Waals surface area contributed by atoms with Crippen LogP contribution in [-0.4, -0.2) is 66.2 Å². The Labute approximate surface area is 189 Å². The molecule has 0 saturated carbocycles. The van der Waals surface area contributed by atoms with E-state index in [0.29, 0.717) is 11.4 Å². The van der Waals surface area contributed by atoms with Crippen molar-refractivity contribution in [3.8, 4) is 0 Å². The molecule has 2 aromatic rings. The van der Waals surface area contributed by atoms with Crippen LogP contribution in [0.3, 0.4) is 0 Å². The fourth-order valence-corrected chi connectivity index (χ4v) is 4.99. The molecule has 0 amide bonds. The molecule has 0 aromatic heterocycles. The summed E-state index contributed by atoms with van der Waals surface area (Å²) in [7, 11) is -1.08. The minimum absolute atomic E-state index is 0.0662. The normalized spacial score (nSPS) is 17.1. The van der Waals surface area contributed by atoms with Gasteiger partial charge in [-0.2, -0.15) is 25.6 Å². The van der Waals surface area contributed by atoms with E-state index in [9.17, 15) is 16.8 Å². The number of hydrogen-bond donors (Lipinski definition) is 0. The lowest BCUT2D eigenvalue weighted by molar-refractivity contribution is 0.528. The van der Waals surface area contributed by atoms with Gasteiger partial charge in [-0.05, 0) is 36.4 Å². The second-order valence-electron chi connectivity index (χ2n) is 7.38. The molecule has 0 atom stereocenters. The molecular formula is C22H24N4O4S2. The van der Waals surface area contributed by atoms with Crippen molar-refractivity contribution < 1.29 is 16.8 Å². The first-order valence-corrected chi connectivity index (χ1v) is 12.5. The molecule has 0 bridgehead atoms. The zero-order valence-electron chi connectivity index (χ0n) is 18.2. The van der Waals surface area contributed by atoms with Crippen molar-refractivity contribution in [2.45, 2.75) is 9.79 Å². The zero-order valence-corrected chi connectivity index (χ0v) is 19.8. The van der Waals surface area contributed by atoms with E-state index in [1.54, 1.807) is 74.4 Å². The van der Waals surface area contributed by atoms with Gasteiger partial charge in [0.15, 0.2) is 0 Å². The van der Waals surface area contributed by atoms with Crippen LogP contribution >= 0.6 is 0 Å². The van der Waals surface area contributed by atoms with Crippen LogP contribution in [0.25, 0.3) is 0 Å². The molecule has 0 fully saturated rings. The number of sulfonamides is 2. The van der Waals surface area contributed by atoms with Gasteiger partial charge >= 0.3 is 0 Å². The van der Waals surface area contributed by atoms with Crippen molar-refractivity contribution in [3.05, 3.63) is 84.2 Å². The molecule has 2 aromatic carbocycles. The minimum Gasteiger partial charge on any atom is -0.376 e. The lowest BCUT2D eigenvalue weighted by Gasteiger charge is -2.26. The molecule has 0 radical (unpaired) electrons. The highest BCUT2D eigenvalue weighted by molar-refractivity contribution is 7.90. The third kappa shape index (κ3) is 5.14. The molecule has 1 aliphatic rings. The van der Waals surface area contributed by atoms with Crippen LogP contribution in [-0.2, 0) is 20.0 Å². The van der Waals surface area contributed by atoms with Crippen LogP contribution in [0.4, 0.5) is 0 Å². The molecule has 0 unspecified atom stereocenters. The molecule has 0 heterocycles. The largest absolute Gasteiger partial charge is 0.376 e. The topological polar surface area (TPSA) is 99.5 Å². The fraction of sp³-hybridized carbons (Fsp3) is 0.182. The lowest BCUT2D eigenvalue weighted by atomic mass is 10.0. The van der Waals surface area contributed by atoms with Gasteiger partial charge in [-0.15, -0.1) is 0 Å². The van der Waals surface area contributed by atoms with Crippen molar-refractivity contribution in [1.29, 1.82) is 0 Å². The van der Waals surface area contributed by atoms with Crippen LogP contribution in [0, 0.1) is 0 Å². The first-order valence-electron chi connectivity index (χ1n) is 9.60. The number of rotatable bonds is 6. The van der Waals surface area contributed by atoms with E-state index in [2.05, 4.69) is 8.80 Å². The van der Waals surface area contributed by atoms with E-state index in [1.807, 2.05) is 0 Å². The van der Waals surface area contributed by atoms with Crippen LogP contribution < -0.4 is 0 Å². The van der Waals surface area contributed by atoms with Gasteiger partial charge in [0.2, 0.25) is 0 Å². The number of nitrogens with zero attached hydrogens (tertiary/aromatic N) is 4. The van der Waals surface area contributed by atoms with E-state index in [0.717, 1.165) is 0 Å². The highest BCUT2D eigenvalue weighted by atomic mass is 32.2. The summed E-state index contributed by atoms with van der Waals surface area (Å²) in [5, 5.41) is 0. The molecule has 0 aliphatic heterocycles. The van der Waals surface area contributed by atoms with Crippen molar-refractivity contribution in [2.24, 2.45) is 8.80 Å². The van der Waals surface area contributed by atoms with Gasteiger partial charge in [0.1, 0.15) is 11.4 Å². The van der Waals surface area contributed by atoms with E-state index in [1.165, 1.54) is 36.4 Å². The summed E-state index contributed by atoms with van der Waals surface area (Å²) < 4.78 is 59.4. The average molecular weight is 473 g/mol. The second kappa shape index (κ2) is 9.09. The Morgan fingerprint density at radius 1 is 0.562 bits per heavy atom. The van der Waals surface area contributed by atoms with E-state index < -0.39 is 20.0 Å². The van der Waals surface area contributed by atoms with Crippen molar-refractivity contribution in [1.82, 2.24) is 9.80 Å². The van der Waals surface area contributed by atoms with E-state index in [-0.39, 0.29) is 21.2 Å². The molecule has 0 spiro atoms. The maximum atomic E-state index is 12.8. The Morgan fingerprint density at radius 3 is 1.16 bits per heavy atom. The Morgan fingerprint density at radius 2 is 0.875 bits per heavy atom. The molecule has 1 aliphatic carbocycles. The Hall–Kier alpha value is -3.24. The maximum absolute atomic E-state index is 12.8. The third-order valence-electron chi connectivity index (χ3n) is 4.55. The first-order chi connectivity index (χ1) is 15.0. The fourth-order valence-electron chi connectivity index (χ4n) is 2.97. The quantitative estimate of drug-likeness (QED) is 0.599. The van der Waals surface area contributed by atoms with Gasteiger partial charge in [0, 0.05) is 28.2 Å². The van der Waals surface area contributed by atoms with Crippen LogP contribution in [0.2, 0.25) is 0 Å². The van der Waals surface area contributed by atoms with Crippen molar-refractivity contribution >= 4 is 31.5 Å². The lowest BCUT2D eigenvalue weighted by Crippen LogP contribution is -2.29. The summed E-state index contributed by atoms with van der Waals surface area (Å²) >= 11 is 0. The molecule has 168 valence electrons. The molecule has 8 nitrogen and oxygen atoms in total. The molecule has 32 heavy (non-hydrogen) atoms.